The van der Waals surface area contributed by atoms with Crippen molar-refractivity contribution in [2.45, 2.75) is 19.4 Å². The maximum atomic E-state index is 11.9. The first kappa shape index (κ1) is 13.7. The molecule has 21 heavy (non-hydrogen) atoms. The third kappa shape index (κ3) is 2.40. The Labute approximate surface area is 125 Å². The van der Waals surface area contributed by atoms with Crippen molar-refractivity contribution < 1.29 is 9.53 Å². The maximum absolute atomic E-state index is 11.9. The van der Waals surface area contributed by atoms with E-state index >= 15 is 0 Å². The van der Waals surface area contributed by atoms with Gasteiger partial charge in [0, 0.05) is 18.3 Å². The van der Waals surface area contributed by atoms with Gasteiger partial charge in [0.1, 0.15) is 0 Å². The monoisotopic (exact) mass is 281 g/mol. The third-order valence-electron chi connectivity index (χ3n) is 4.03. The standard InChI is InChI=1S/C18H19NO2/c1-3-21-18(20)12-17-15-10-5-4-8-13(15)14-9-6-7-11-16(14)19(17)2/h4-11,17H,3,12H2,1-2H3. The van der Waals surface area contributed by atoms with Crippen LogP contribution in [0.15, 0.2) is 48.5 Å². The zero-order valence-electron chi connectivity index (χ0n) is 12.4. The number of fused-ring (bicyclic) bond motifs is 3. The largest absolute Gasteiger partial charge is 0.466 e. The van der Waals surface area contributed by atoms with E-state index in [1.165, 1.54) is 16.7 Å². The lowest BCUT2D eigenvalue weighted by atomic mass is 9.87. The van der Waals surface area contributed by atoms with Crippen LogP contribution in [-0.2, 0) is 9.53 Å². The molecule has 0 bridgehead atoms. The molecule has 0 radical (unpaired) electrons. The molecular formula is C18H19NO2. The molecule has 0 spiro atoms. The van der Waals surface area contributed by atoms with Crippen molar-refractivity contribution >= 4 is 11.7 Å². The van der Waals surface area contributed by atoms with Crippen molar-refractivity contribution in [1.82, 2.24) is 0 Å². The molecule has 1 aliphatic heterocycles. The van der Waals surface area contributed by atoms with Crippen LogP contribution in [0.5, 0.6) is 0 Å². The van der Waals surface area contributed by atoms with E-state index in [0.717, 1.165) is 5.69 Å². The zero-order chi connectivity index (χ0) is 14.8. The molecule has 0 N–H and O–H groups in total. The number of carbonyl (C=O) groups is 1. The average Bonchev–Trinajstić information content (AvgIpc) is 2.52. The predicted octanol–water partition coefficient (Wildman–Crippen LogP) is 3.80. The van der Waals surface area contributed by atoms with Gasteiger partial charge < -0.3 is 9.64 Å². The summed E-state index contributed by atoms with van der Waals surface area (Å²) in [5, 5.41) is 0. The third-order valence-corrected chi connectivity index (χ3v) is 4.03. The van der Waals surface area contributed by atoms with Crippen LogP contribution in [0.25, 0.3) is 11.1 Å². The number of nitrogens with zero attached hydrogens (tertiary/aromatic N) is 1. The minimum Gasteiger partial charge on any atom is -0.466 e. The number of carbonyl (C=O) groups excluding carboxylic acids is 1. The Morgan fingerprint density at radius 2 is 1.76 bits per heavy atom. The van der Waals surface area contributed by atoms with Crippen molar-refractivity contribution in [1.29, 1.82) is 0 Å². The number of benzene rings is 2. The van der Waals surface area contributed by atoms with Crippen LogP contribution in [0.2, 0.25) is 0 Å². The Hall–Kier alpha value is -2.29. The zero-order valence-corrected chi connectivity index (χ0v) is 12.4. The molecule has 0 amide bonds. The fraction of sp³-hybridized carbons (Fsp3) is 0.278. The summed E-state index contributed by atoms with van der Waals surface area (Å²) < 4.78 is 5.13. The van der Waals surface area contributed by atoms with Gasteiger partial charge in [0.15, 0.2) is 0 Å². The highest BCUT2D eigenvalue weighted by molar-refractivity contribution is 5.85. The second-order valence-corrected chi connectivity index (χ2v) is 5.24. The SMILES string of the molecule is CCOC(=O)CC1c2ccccc2-c2ccccc2N1C. The lowest BCUT2D eigenvalue weighted by Crippen LogP contribution is -2.30. The summed E-state index contributed by atoms with van der Waals surface area (Å²) in [7, 11) is 2.04. The van der Waals surface area contributed by atoms with Crippen LogP contribution in [0.3, 0.4) is 0 Å². The predicted molar refractivity (Wildman–Crippen MR) is 84.3 cm³/mol. The van der Waals surface area contributed by atoms with E-state index in [4.69, 9.17) is 4.74 Å². The fourth-order valence-corrected chi connectivity index (χ4v) is 3.04. The lowest BCUT2D eigenvalue weighted by molar-refractivity contribution is -0.143. The van der Waals surface area contributed by atoms with Gasteiger partial charge >= 0.3 is 5.97 Å². The molecule has 108 valence electrons. The van der Waals surface area contributed by atoms with E-state index in [0.29, 0.717) is 13.0 Å². The first-order valence-electron chi connectivity index (χ1n) is 7.29. The molecule has 3 rings (SSSR count). The second-order valence-electron chi connectivity index (χ2n) is 5.24. The summed E-state index contributed by atoms with van der Waals surface area (Å²) >= 11 is 0. The van der Waals surface area contributed by atoms with Gasteiger partial charge in [-0.05, 0) is 24.1 Å². The van der Waals surface area contributed by atoms with Crippen molar-refractivity contribution in [3.8, 4) is 11.1 Å². The van der Waals surface area contributed by atoms with Gasteiger partial charge in [-0.2, -0.15) is 0 Å². The van der Waals surface area contributed by atoms with Crippen molar-refractivity contribution in [3.63, 3.8) is 0 Å². The molecule has 0 aromatic heterocycles. The Bertz CT molecular complexity index is 666. The minimum absolute atomic E-state index is 0.0233. The summed E-state index contributed by atoms with van der Waals surface area (Å²) in [6.45, 7) is 2.26. The molecule has 0 aliphatic carbocycles. The van der Waals surface area contributed by atoms with E-state index in [1.54, 1.807) is 0 Å². The minimum atomic E-state index is -0.150. The first-order chi connectivity index (χ1) is 10.2. The molecule has 2 aromatic carbocycles. The summed E-state index contributed by atoms with van der Waals surface area (Å²) in [4.78, 5) is 14.1. The molecule has 1 unspecified atom stereocenters. The van der Waals surface area contributed by atoms with Gasteiger partial charge in [0.25, 0.3) is 0 Å². The number of ether oxygens (including phenoxy) is 1. The fourth-order valence-electron chi connectivity index (χ4n) is 3.04. The quantitative estimate of drug-likeness (QED) is 0.801. The van der Waals surface area contributed by atoms with Gasteiger partial charge in [0.05, 0.1) is 19.1 Å². The number of rotatable bonds is 3. The van der Waals surface area contributed by atoms with Gasteiger partial charge in [-0.1, -0.05) is 42.5 Å². The van der Waals surface area contributed by atoms with Crippen molar-refractivity contribution in [3.05, 3.63) is 54.1 Å². The highest BCUT2D eigenvalue weighted by Gasteiger charge is 2.30. The van der Waals surface area contributed by atoms with Gasteiger partial charge in [0.2, 0.25) is 0 Å². The van der Waals surface area contributed by atoms with Crippen LogP contribution in [0, 0.1) is 0 Å². The smallest absolute Gasteiger partial charge is 0.308 e. The Kier molecular flexibility index (Phi) is 3.65. The topological polar surface area (TPSA) is 29.5 Å². The number of hydrogen-bond donors (Lipinski definition) is 0. The number of hydrogen-bond acceptors (Lipinski definition) is 3. The summed E-state index contributed by atoms with van der Waals surface area (Å²) in [5.41, 5.74) is 4.77. The van der Waals surface area contributed by atoms with E-state index in [9.17, 15) is 4.79 Å². The first-order valence-corrected chi connectivity index (χ1v) is 7.29. The average molecular weight is 281 g/mol. The highest BCUT2D eigenvalue weighted by Crippen LogP contribution is 2.44. The van der Waals surface area contributed by atoms with Crippen LogP contribution in [-0.4, -0.2) is 19.6 Å². The van der Waals surface area contributed by atoms with Gasteiger partial charge in [-0.3, -0.25) is 4.79 Å². The van der Waals surface area contributed by atoms with Crippen LogP contribution >= 0.6 is 0 Å². The second kappa shape index (κ2) is 5.60. The molecule has 1 atom stereocenters. The molecule has 1 heterocycles. The maximum Gasteiger partial charge on any atom is 0.308 e. The van der Waals surface area contributed by atoms with E-state index < -0.39 is 0 Å². The van der Waals surface area contributed by atoms with Gasteiger partial charge in [-0.15, -0.1) is 0 Å². The van der Waals surface area contributed by atoms with Crippen LogP contribution in [0.1, 0.15) is 24.9 Å². The van der Waals surface area contributed by atoms with Crippen molar-refractivity contribution in [2.75, 3.05) is 18.6 Å². The van der Waals surface area contributed by atoms with E-state index in [1.807, 2.05) is 32.2 Å². The molecule has 0 fully saturated rings. The van der Waals surface area contributed by atoms with Crippen LogP contribution < -0.4 is 4.90 Å². The molecular weight excluding hydrogens is 262 g/mol. The highest BCUT2D eigenvalue weighted by atomic mass is 16.5. The molecule has 2 aromatic rings. The van der Waals surface area contributed by atoms with E-state index in [2.05, 4.69) is 35.2 Å². The number of para-hydroxylation sites is 1. The molecule has 1 aliphatic rings. The number of anilines is 1. The summed E-state index contributed by atoms with van der Waals surface area (Å²) in [5.74, 6) is -0.150. The number of esters is 1. The van der Waals surface area contributed by atoms with Crippen LogP contribution in [0.4, 0.5) is 5.69 Å². The summed E-state index contributed by atoms with van der Waals surface area (Å²) in [6.07, 6.45) is 0.371. The van der Waals surface area contributed by atoms with Gasteiger partial charge in [-0.25, -0.2) is 0 Å². The Balaban J connectivity index is 2.05. The lowest BCUT2D eigenvalue weighted by Gasteiger charge is -2.37. The van der Waals surface area contributed by atoms with E-state index in [-0.39, 0.29) is 12.0 Å². The Morgan fingerprint density at radius 3 is 2.52 bits per heavy atom. The molecule has 3 nitrogen and oxygen atoms in total. The van der Waals surface area contributed by atoms with Crippen molar-refractivity contribution in [2.24, 2.45) is 0 Å². The molecule has 0 saturated carbocycles. The Morgan fingerprint density at radius 1 is 1.10 bits per heavy atom. The normalized spacial score (nSPS) is 16.1. The molecule has 3 heteroatoms. The summed E-state index contributed by atoms with van der Waals surface area (Å²) in [6, 6.07) is 16.6. The molecule has 0 saturated heterocycles.